The van der Waals surface area contributed by atoms with Crippen molar-refractivity contribution in [3.05, 3.63) is 63.3 Å². The van der Waals surface area contributed by atoms with E-state index in [-0.39, 0.29) is 5.82 Å². The van der Waals surface area contributed by atoms with E-state index in [9.17, 15) is 19.7 Å². The average Bonchev–Trinajstić information content (AvgIpc) is 2.46. The summed E-state index contributed by atoms with van der Waals surface area (Å²) in [4.78, 5) is 37.7. The summed E-state index contributed by atoms with van der Waals surface area (Å²) in [6.45, 7) is 1.71. The molecule has 8 nitrogen and oxygen atoms in total. The van der Waals surface area contributed by atoms with Crippen molar-refractivity contribution in [3.63, 3.8) is 0 Å². The fourth-order valence-electron chi connectivity index (χ4n) is 1.90. The van der Waals surface area contributed by atoms with Crippen LogP contribution in [0, 0.1) is 17.0 Å². The number of nitro groups is 1. The second-order valence-electron chi connectivity index (χ2n) is 4.38. The summed E-state index contributed by atoms with van der Waals surface area (Å²) in [5.41, 5.74) is -0.897. The Labute approximate surface area is 124 Å². The van der Waals surface area contributed by atoms with Crippen molar-refractivity contribution >= 4 is 23.4 Å². The molecule has 0 spiro atoms. The maximum atomic E-state index is 12.3. The summed E-state index contributed by atoms with van der Waals surface area (Å²) in [5, 5.41) is 22.5. The van der Waals surface area contributed by atoms with E-state index in [0.717, 1.165) is 12.1 Å². The zero-order valence-corrected chi connectivity index (χ0v) is 11.4. The van der Waals surface area contributed by atoms with Crippen molar-refractivity contribution in [1.82, 2.24) is 4.98 Å². The molecule has 0 saturated carbocycles. The summed E-state index contributed by atoms with van der Waals surface area (Å²) in [5.74, 6) is -2.15. The van der Waals surface area contributed by atoms with Gasteiger partial charge in [0.2, 0.25) is 0 Å². The van der Waals surface area contributed by atoms with Gasteiger partial charge in [-0.05, 0) is 25.1 Å². The zero-order valence-electron chi connectivity index (χ0n) is 11.4. The van der Waals surface area contributed by atoms with Gasteiger partial charge in [-0.15, -0.1) is 0 Å². The number of carboxylic acids is 1. The molecule has 0 aliphatic rings. The van der Waals surface area contributed by atoms with Crippen LogP contribution in [0.4, 0.5) is 11.5 Å². The molecule has 0 bridgehead atoms. The maximum Gasteiger partial charge on any atom is 0.336 e. The zero-order chi connectivity index (χ0) is 16.3. The van der Waals surface area contributed by atoms with Crippen molar-refractivity contribution in [2.45, 2.75) is 6.92 Å². The number of benzene rings is 1. The molecule has 1 aromatic heterocycles. The number of anilines is 1. The summed E-state index contributed by atoms with van der Waals surface area (Å²) < 4.78 is 0. The van der Waals surface area contributed by atoms with Crippen molar-refractivity contribution in [1.29, 1.82) is 0 Å². The van der Waals surface area contributed by atoms with E-state index in [1.165, 1.54) is 12.1 Å². The minimum atomic E-state index is -1.42. The maximum absolute atomic E-state index is 12.3. The fraction of sp³-hybridized carbons (Fsp3) is 0.0714. The molecule has 0 atom stereocenters. The fourth-order valence-corrected chi connectivity index (χ4v) is 1.90. The smallest absolute Gasteiger partial charge is 0.336 e. The second-order valence-corrected chi connectivity index (χ2v) is 4.38. The number of aromatic carboxylic acids is 1. The number of nitro benzene ring substituents is 1. The third kappa shape index (κ3) is 3.06. The number of pyridine rings is 1. The lowest BCUT2D eigenvalue weighted by Gasteiger charge is -2.08. The molecule has 112 valence electrons. The topological polar surface area (TPSA) is 122 Å². The van der Waals surface area contributed by atoms with Gasteiger partial charge in [0.05, 0.1) is 10.5 Å². The number of amides is 1. The SMILES string of the molecule is Cc1cccc(NC(=O)c2c(C(=O)O)cccc2[N+](=O)[O-])n1. The molecule has 0 unspecified atom stereocenters. The van der Waals surface area contributed by atoms with Crippen LogP contribution in [0.5, 0.6) is 0 Å². The lowest BCUT2D eigenvalue weighted by molar-refractivity contribution is -0.385. The predicted octanol–water partition coefficient (Wildman–Crippen LogP) is 2.25. The Kier molecular flexibility index (Phi) is 4.12. The summed E-state index contributed by atoms with van der Waals surface area (Å²) >= 11 is 0. The normalized spacial score (nSPS) is 10.0. The van der Waals surface area contributed by atoms with Gasteiger partial charge in [-0.1, -0.05) is 12.1 Å². The van der Waals surface area contributed by atoms with Gasteiger partial charge >= 0.3 is 5.97 Å². The molecule has 0 radical (unpaired) electrons. The van der Waals surface area contributed by atoms with Crippen molar-refractivity contribution in [3.8, 4) is 0 Å². The highest BCUT2D eigenvalue weighted by Crippen LogP contribution is 2.23. The van der Waals surface area contributed by atoms with E-state index >= 15 is 0 Å². The predicted molar refractivity (Wildman–Crippen MR) is 77.0 cm³/mol. The highest BCUT2D eigenvalue weighted by atomic mass is 16.6. The van der Waals surface area contributed by atoms with Gasteiger partial charge in [0.25, 0.3) is 11.6 Å². The lowest BCUT2D eigenvalue weighted by Crippen LogP contribution is -2.19. The molecular formula is C14H11N3O5. The third-order valence-electron chi connectivity index (χ3n) is 2.83. The number of aromatic nitrogens is 1. The number of rotatable bonds is 4. The molecule has 1 heterocycles. The first-order valence-electron chi connectivity index (χ1n) is 6.16. The molecule has 0 saturated heterocycles. The molecule has 2 rings (SSSR count). The van der Waals surface area contributed by atoms with Crippen LogP contribution in [0.3, 0.4) is 0 Å². The first kappa shape index (κ1) is 15.1. The minimum absolute atomic E-state index is 0.180. The number of aryl methyl sites for hydroxylation is 1. The molecule has 2 N–H and O–H groups in total. The van der Waals surface area contributed by atoms with Crippen LogP contribution >= 0.6 is 0 Å². The summed E-state index contributed by atoms with van der Waals surface area (Å²) in [7, 11) is 0. The van der Waals surface area contributed by atoms with E-state index in [2.05, 4.69) is 10.3 Å². The first-order chi connectivity index (χ1) is 10.4. The number of hydrogen-bond donors (Lipinski definition) is 2. The highest BCUT2D eigenvalue weighted by Gasteiger charge is 2.27. The number of nitrogens with one attached hydrogen (secondary N) is 1. The number of carbonyl (C=O) groups is 2. The summed E-state index contributed by atoms with van der Waals surface area (Å²) in [6, 6.07) is 8.28. The Morgan fingerprint density at radius 1 is 1.23 bits per heavy atom. The number of hydrogen-bond acceptors (Lipinski definition) is 5. The van der Waals surface area contributed by atoms with Gasteiger partial charge < -0.3 is 10.4 Å². The molecule has 1 aromatic carbocycles. The van der Waals surface area contributed by atoms with Crippen molar-refractivity contribution in [2.24, 2.45) is 0 Å². The molecule has 0 fully saturated rings. The second kappa shape index (κ2) is 6.00. The van der Waals surface area contributed by atoms with E-state index in [0.29, 0.717) is 5.69 Å². The van der Waals surface area contributed by atoms with Crippen LogP contribution in [-0.2, 0) is 0 Å². The first-order valence-corrected chi connectivity index (χ1v) is 6.16. The van der Waals surface area contributed by atoms with E-state index < -0.39 is 33.6 Å². The Bertz CT molecular complexity index is 741. The van der Waals surface area contributed by atoms with Crippen molar-refractivity contribution in [2.75, 3.05) is 5.32 Å². The van der Waals surface area contributed by atoms with Gasteiger partial charge in [-0.2, -0.15) is 0 Å². The molecule has 22 heavy (non-hydrogen) atoms. The number of carbonyl (C=O) groups excluding carboxylic acids is 1. The van der Waals surface area contributed by atoms with Crippen LogP contribution < -0.4 is 5.32 Å². The molecule has 0 aliphatic heterocycles. The Balaban J connectivity index is 2.48. The molecule has 2 aromatic rings. The van der Waals surface area contributed by atoms with Gasteiger partial charge in [0.15, 0.2) is 0 Å². The quantitative estimate of drug-likeness (QED) is 0.659. The average molecular weight is 301 g/mol. The monoisotopic (exact) mass is 301 g/mol. The number of carboxylic acid groups (broad SMARTS) is 1. The Morgan fingerprint density at radius 2 is 1.91 bits per heavy atom. The van der Waals surface area contributed by atoms with Crippen LogP contribution in [0.25, 0.3) is 0 Å². The molecule has 8 heteroatoms. The molecule has 1 amide bonds. The van der Waals surface area contributed by atoms with Gasteiger partial charge in [0.1, 0.15) is 11.4 Å². The number of nitrogens with zero attached hydrogens (tertiary/aromatic N) is 2. The highest BCUT2D eigenvalue weighted by molar-refractivity contribution is 6.13. The van der Waals surface area contributed by atoms with Crippen LogP contribution in [0.15, 0.2) is 36.4 Å². The van der Waals surface area contributed by atoms with Crippen LogP contribution in [0.1, 0.15) is 26.4 Å². The van der Waals surface area contributed by atoms with Crippen molar-refractivity contribution < 1.29 is 19.6 Å². The third-order valence-corrected chi connectivity index (χ3v) is 2.83. The molecule has 0 aliphatic carbocycles. The van der Waals surface area contributed by atoms with Gasteiger partial charge in [0, 0.05) is 11.8 Å². The minimum Gasteiger partial charge on any atom is -0.478 e. The largest absolute Gasteiger partial charge is 0.478 e. The Morgan fingerprint density at radius 3 is 2.50 bits per heavy atom. The summed E-state index contributed by atoms with van der Waals surface area (Å²) in [6.07, 6.45) is 0. The van der Waals surface area contributed by atoms with E-state index in [1.807, 2.05) is 0 Å². The van der Waals surface area contributed by atoms with E-state index in [4.69, 9.17) is 5.11 Å². The molecular weight excluding hydrogens is 290 g/mol. The Hall–Kier alpha value is -3.29. The van der Waals surface area contributed by atoms with Gasteiger partial charge in [-0.25, -0.2) is 9.78 Å². The van der Waals surface area contributed by atoms with E-state index in [1.54, 1.807) is 19.1 Å². The van der Waals surface area contributed by atoms with Crippen LogP contribution in [0.2, 0.25) is 0 Å². The van der Waals surface area contributed by atoms with Gasteiger partial charge in [-0.3, -0.25) is 14.9 Å². The van der Waals surface area contributed by atoms with Crippen LogP contribution in [-0.4, -0.2) is 26.9 Å². The lowest BCUT2D eigenvalue weighted by atomic mass is 10.0. The standard InChI is InChI=1S/C14H11N3O5/c1-8-4-2-7-11(15-8)16-13(18)12-9(14(19)20)5-3-6-10(12)17(21)22/h2-7H,1H3,(H,19,20)(H,15,16,18).